The van der Waals surface area contributed by atoms with Crippen molar-refractivity contribution < 1.29 is 4.92 Å². The van der Waals surface area contributed by atoms with E-state index in [1.807, 2.05) is 6.07 Å². The van der Waals surface area contributed by atoms with Gasteiger partial charge in [-0.15, -0.1) is 0 Å². The Morgan fingerprint density at radius 2 is 2.00 bits per heavy atom. The van der Waals surface area contributed by atoms with Crippen molar-refractivity contribution in [3.63, 3.8) is 0 Å². The average Bonchev–Trinajstić information content (AvgIpc) is 2.86. The minimum absolute atomic E-state index is 0.297. The van der Waals surface area contributed by atoms with Crippen molar-refractivity contribution >= 4 is 11.9 Å². The van der Waals surface area contributed by atoms with E-state index in [1.165, 1.54) is 0 Å². The number of nitrogens with zero attached hydrogens (tertiary/aromatic N) is 3. The minimum atomic E-state index is -1.33. The third-order valence-corrected chi connectivity index (χ3v) is 3.07. The first kappa shape index (κ1) is 10.6. The molecule has 0 bridgehead atoms. The van der Waals surface area contributed by atoms with Gasteiger partial charge in [-0.25, -0.2) is 0 Å². The summed E-state index contributed by atoms with van der Waals surface area (Å²) in [4.78, 5) is 11.2. The van der Waals surface area contributed by atoms with Crippen LogP contribution < -0.4 is 0 Å². The van der Waals surface area contributed by atoms with Gasteiger partial charge in [-0.2, -0.15) is 10.2 Å². The standard InChI is InChI=1S/C13H9N3O2/c17-16(18)13(11-4-2-1-3-5-11)7-6-12-10(8-13)9-14-15-12/h1-9H. The highest BCUT2D eigenvalue weighted by Gasteiger charge is 2.43. The number of hydrogen-bond donors (Lipinski definition) is 0. The van der Waals surface area contributed by atoms with E-state index in [-0.39, 0.29) is 4.92 Å². The topological polar surface area (TPSA) is 67.9 Å². The molecule has 1 aromatic rings. The van der Waals surface area contributed by atoms with Crippen molar-refractivity contribution in [2.45, 2.75) is 5.54 Å². The van der Waals surface area contributed by atoms with E-state index in [0.717, 1.165) is 0 Å². The minimum Gasteiger partial charge on any atom is -0.263 e. The van der Waals surface area contributed by atoms with Crippen molar-refractivity contribution in [3.8, 4) is 0 Å². The molecule has 0 saturated heterocycles. The maximum atomic E-state index is 11.5. The van der Waals surface area contributed by atoms with E-state index in [0.29, 0.717) is 16.8 Å². The van der Waals surface area contributed by atoms with Gasteiger partial charge in [0.15, 0.2) is 0 Å². The van der Waals surface area contributed by atoms with Crippen molar-refractivity contribution in [2.24, 2.45) is 10.2 Å². The molecule has 0 aromatic heterocycles. The summed E-state index contributed by atoms with van der Waals surface area (Å²) in [5.41, 5.74) is 0.658. The Bertz CT molecular complexity index is 629. The van der Waals surface area contributed by atoms with E-state index < -0.39 is 5.54 Å². The smallest absolute Gasteiger partial charge is 0.263 e. The molecular weight excluding hydrogens is 230 g/mol. The zero-order valence-electron chi connectivity index (χ0n) is 9.35. The van der Waals surface area contributed by atoms with Gasteiger partial charge in [0, 0.05) is 28.2 Å². The number of allylic oxidation sites excluding steroid dienone is 2. The molecule has 0 spiro atoms. The van der Waals surface area contributed by atoms with Gasteiger partial charge in [-0.05, 0) is 6.08 Å². The van der Waals surface area contributed by atoms with Crippen molar-refractivity contribution in [2.75, 3.05) is 0 Å². The molecule has 5 nitrogen and oxygen atoms in total. The molecule has 0 fully saturated rings. The van der Waals surface area contributed by atoms with E-state index in [4.69, 9.17) is 0 Å². The molecule has 0 saturated carbocycles. The van der Waals surface area contributed by atoms with Crippen LogP contribution in [0, 0.1) is 10.1 Å². The van der Waals surface area contributed by atoms with Crippen LogP contribution in [0.2, 0.25) is 0 Å². The summed E-state index contributed by atoms with van der Waals surface area (Å²) in [6, 6.07) is 8.91. The highest BCUT2D eigenvalue weighted by Crippen LogP contribution is 2.33. The second-order valence-corrected chi connectivity index (χ2v) is 4.11. The molecule has 0 amide bonds. The largest absolute Gasteiger partial charge is 0.284 e. The maximum Gasteiger partial charge on any atom is 0.284 e. The zero-order chi connectivity index (χ0) is 12.6. The summed E-state index contributed by atoms with van der Waals surface area (Å²) in [7, 11) is 0. The number of fused-ring (bicyclic) bond motifs is 1. The second-order valence-electron chi connectivity index (χ2n) is 4.11. The van der Waals surface area contributed by atoms with Crippen molar-refractivity contribution in [1.82, 2.24) is 0 Å². The zero-order valence-corrected chi connectivity index (χ0v) is 9.35. The molecule has 1 aliphatic carbocycles. The Balaban J connectivity index is 2.19. The third-order valence-electron chi connectivity index (χ3n) is 3.07. The first-order valence-corrected chi connectivity index (χ1v) is 5.46. The van der Waals surface area contributed by atoms with Crippen LogP contribution in [0.25, 0.3) is 0 Å². The van der Waals surface area contributed by atoms with Crippen LogP contribution >= 0.6 is 0 Å². The molecule has 2 aliphatic rings. The Hall–Kier alpha value is -2.56. The van der Waals surface area contributed by atoms with Crippen LogP contribution in [0.15, 0.2) is 64.3 Å². The van der Waals surface area contributed by atoms with E-state index in [9.17, 15) is 10.1 Å². The fourth-order valence-electron chi connectivity index (χ4n) is 2.11. The summed E-state index contributed by atoms with van der Waals surface area (Å²) in [5.74, 6) is 0. The first-order chi connectivity index (χ1) is 8.72. The molecule has 1 atom stereocenters. The summed E-state index contributed by atoms with van der Waals surface area (Å²) in [6.07, 6.45) is 6.34. The number of benzene rings is 1. The fraction of sp³-hybridized carbons (Fsp3) is 0.0769. The molecule has 1 aromatic carbocycles. The van der Waals surface area contributed by atoms with Crippen LogP contribution in [0.1, 0.15) is 5.56 Å². The van der Waals surface area contributed by atoms with Crippen LogP contribution in [0.5, 0.6) is 0 Å². The first-order valence-electron chi connectivity index (χ1n) is 5.46. The Kier molecular flexibility index (Phi) is 2.19. The lowest BCUT2D eigenvalue weighted by atomic mass is 9.84. The maximum absolute atomic E-state index is 11.5. The molecule has 1 aliphatic heterocycles. The summed E-state index contributed by atoms with van der Waals surface area (Å²) in [6.45, 7) is 0. The van der Waals surface area contributed by atoms with Crippen LogP contribution in [0.4, 0.5) is 0 Å². The van der Waals surface area contributed by atoms with Gasteiger partial charge in [0.2, 0.25) is 0 Å². The second kappa shape index (κ2) is 3.73. The van der Waals surface area contributed by atoms with Crippen molar-refractivity contribution in [3.05, 3.63) is 69.8 Å². The predicted molar refractivity (Wildman–Crippen MR) is 68.3 cm³/mol. The quantitative estimate of drug-likeness (QED) is 0.585. The third kappa shape index (κ3) is 1.41. The van der Waals surface area contributed by atoms with E-state index >= 15 is 0 Å². The highest BCUT2D eigenvalue weighted by molar-refractivity contribution is 6.24. The highest BCUT2D eigenvalue weighted by atomic mass is 16.6. The Labute approximate surface area is 103 Å². The monoisotopic (exact) mass is 239 g/mol. The van der Waals surface area contributed by atoms with E-state index in [2.05, 4.69) is 10.2 Å². The molecule has 3 rings (SSSR count). The summed E-state index contributed by atoms with van der Waals surface area (Å²) < 4.78 is 0. The lowest BCUT2D eigenvalue weighted by Crippen LogP contribution is -2.34. The predicted octanol–water partition coefficient (Wildman–Crippen LogP) is 2.10. The SMILES string of the molecule is O=[N+]([O-])C1(c2ccccc2)C=CC2=NN=CC2=C1. The molecule has 5 heteroatoms. The van der Waals surface area contributed by atoms with Gasteiger partial charge in [-0.3, -0.25) is 10.1 Å². The number of hydrogen-bond acceptors (Lipinski definition) is 4. The van der Waals surface area contributed by atoms with Gasteiger partial charge in [0.05, 0.1) is 11.9 Å². The lowest BCUT2D eigenvalue weighted by molar-refractivity contribution is -0.548. The van der Waals surface area contributed by atoms with Crippen LogP contribution in [-0.4, -0.2) is 16.8 Å². The molecule has 88 valence electrons. The van der Waals surface area contributed by atoms with Gasteiger partial charge in [0.25, 0.3) is 5.54 Å². The molecule has 0 N–H and O–H groups in total. The molecule has 1 heterocycles. The van der Waals surface area contributed by atoms with Gasteiger partial charge in [-0.1, -0.05) is 30.3 Å². The average molecular weight is 239 g/mol. The van der Waals surface area contributed by atoms with Gasteiger partial charge < -0.3 is 0 Å². The molecular formula is C13H9N3O2. The number of nitro groups is 1. The summed E-state index contributed by atoms with van der Waals surface area (Å²) in [5, 5.41) is 19.1. The Morgan fingerprint density at radius 1 is 1.22 bits per heavy atom. The van der Waals surface area contributed by atoms with Crippen molar-refractivity contribution in [1.29, 1.82) is 0 Å². The fourth-order valence-corrected chi connectivity index (χ4v) is 2.11. The normalized spacial score (nSPS) is 24.4. The van der Waals surface area contributed by atoms with Crippen LogP contribution in [0.3, 0.4) is 0 Å². The lowest BCUT2D eigenvalue weighted by Gasteiger charge is -2.22. The molecule has 18 heavy (non-hydrogen) atoms. The molecule has 0 radical (unpaired) electrons. The van der Waals surface area contributed by atoms with Gasteiger partial charge >= 0.3 is 0 Å². The van der Waals surface area contributed by atoms with Crippen LogP contribution in [-0.2, 0) is 5.54 Å². The Morgan fingerprint density at radius 3 is 2.72 bits per heavy atom. The number of rotatable bonds is 2. The van der Waals surface area contributed by atoms with Gasteiger partial charge in [0.1, 0.15) is 0 Å². The van der Waals surface area contributed by atoms with E-state index in [1.54, 1.807) is 48.7 Å². The molecule has 1 unspecified atom stereocenters. The summed E-state index contributed by atoms with van der Waals surface area (Å²) >= 11 is 0.